The number of hydrogen-bond acceptors (Lipinski definition) is 6. The number of ketones is 1. The number of fused-ring (bicyclic) bond motifs is 5. The van der Waals surface area contributed by atoms with Gasteiger partial charge < -0.3 is 25.1 Å². The largest absolute Gasteiger partial charge is 0.469 e. The predicted molar refractivity (Wildman–Crippen MR) is 135 cm³/mol. The van der Waals surface area contributed by atoms with Crippen LogP contribution >= 0.6 is 7.82 Å². The third-order valence-electron chi connectivity index (χ3n) is 10.5. The molecule has 5 N–H and O–H groups in total. The summed E-state index contributed by atoms with van der Waals surface area (Å²) in [6, 6.07) is 0. The molecule has 0 heterocycles. The van der Waals surface area contributed by atoms with Gasteiger partial charge in [0.25, 0.3) is 0 Å². The summed E-state index contributed by atoms with van der Waals surface area (Å²) in [5.74, 6) is -0.0607. The number of aliphatic hydroxyl groups excluding tert-OH is 1. The fourth-order valence-electron chi connectivity index (χ4n) is 8.80. The summed E-state index contributed by atoms with van der Waals surface area (Å²) in [4.78, 5) is 32.0. The number of allylic oxidation sites excluding steroid dienone is 1. The van der Waals surface area contributed by atoms with Crippen LogP contribution in [0.15, 0.2) is 11.6 Å². The molecule has 4 aliphatic carbocycles. The SMILES string of the molecule is C[C@H](C[C@H](O)CC(C)(C)O)C1CC[C@@]2(O)C3=CC(=O)[C@@H]4C[C@@H](OP(=O)(O)O)CC[C@]4(C)[C@H]3CC[C@]12C. The van der Waals surface area contributed by atoms with Crippen LogP contribution in [0.4, 0.5) is 0 Å². The van der Waals surface area contributed by atoms with Crippen molar-refractivity contribution in [1.82, 2.24) is 0 Å². The van der Waals surface area contributed by atoms with Gasteiger partial charge in [-0.1, -0.05) is 20.8 Å². The first-order chi connectivity index (χ1) is 16.4. The Balaban J connectivity index is 1.57. The molecular formula is C27H45O8P. The van der Waals surface area contributed by atoms with E-state index in [-0.39, 0.29) is 41.3 Å². The van der Waals surface area contributed by atoms with E-state index in [2.05, 4.69) is 20.8 Å². The highest BCUT2D eigenvalue weighted by atomic mass is 31.2. The molecule has 0 bridgehead atoms. The Kier molecular flexibility index (Phi) is 7.30. The van der Waals surface area contributed by atoms with Crippen LogP contribution < -0.4 is 0 Å². The minimum atomic E-state index is -4.62. The van der Waals surface area contributed by atoms with Gasteiger partial charge in [-0.05, 0) is 100 Å². The van der Waals surface area contributed by atoms with Gasteiger partial charge in [-0.3, -0.25) is 9.32 Å². The molecule has 3 fully saturated rings. The van der Waals surface area contributed by atoms with Crippen LogP contribution in [0.25, 0.3) is 0 Å². The molecule has 206 valence electrons. The molecule has 0 radical (unpaired) electrons. The smallest absolute Gasteiger partial charge is 0.393 e. The van der Waals surface area contributed by atoms with Crippen LogP contribution in [-0.2, 0) is 13.9 Å². The van der Waals surface area contributed by atoms with E-state index in [1.54, 1.807) is 19.9 Å². The zero-order valence-electron chi connectivity index (χ0n) is 22.3. The number of carbonyl (C=O) groups is 1. The Morgan fingerprint density at radius 2 is 1.81 bits per heavy atom. The van der Waals surface area contributed by atoms with Crippen molar-refractivity contribution in [3.8, 4) is 0 Å². The lowest BCUT2D eigenvalue weighted by Crippen LogP contribution is -2.59. The molecule has 9 heteroatoms. The van der Waals surface area contributed by atoms with E-state index in [4.69, 9.17) is 4.52 Å². The first-order valence-electron chi connectivity index (χ1n) is 13.5. The highest BCUT2D eigenvalue weighted by Crippen LogP contribution is 2.68. The molecular weight excluding hydrogens is 483 g/mol. The standard InChI is InChI=1S/C27H45O8P/c1-16(12-17(28)15-24(2,3)30)19-8-11-27(31)21-14-23(29)22-13-18(35-36(32,33)34)6-9-25(22,4)20(21)7-10-26(19,27)5/h14,16-20,22,28,30-31H,6-13,15H2,1-5H3,(H2,32,33,34)/t16-,17+,18+,19?,20+,22+,25-,26-,27-/m1/s1. The molecule has 4 aliphatic rings. The van der Waals surface area contributed by atoms with Crippen molar-refractivity contribution in [2.24, 2.45) is 34.5 Å². The Bertz CT molecular complexity index is 952. The normalized spacial score (nSPS) is 42.7. The van der Waals surface area contributed by atoms with Crippen LogP contribution in [-0.4, -0.2) is 54.3 Å². The Morgan fingerprint density at radius 3 is 2.42 bits per heavy atom. The lowest BCUT2D eigenvalue weighted by atomic mass is 9.46. The van der Waals surface area contributed by atoms with Crippen molar-refractivity contribution in [3.05, 3.63) is 11.6 Å². The summed E-state index contributed by atoms with van der Waals surface area (Å²) >= 11 is 0. The van der Waals surface area contributed by atoms with Crippen molar-refractivity contribution >= 4 is 13.6 Å². The van der Waals surface area contributed by atoms with Gasteiger partial charge >= 0.3 is 7.82 Å². The lowest BCUT2D eigenvalue weighted by molar-refractivity contribution is -0.141. The van der Waals surface area contributed by atoms with E-state index in [0.717, 1.165) is 24.8 Å². The summed E-state index contributed by atoms with van der Waals surface area (Å²) in [6.07, 6.45) is 5.71. The molecule has 3 saturated carbocycles. The van der Waals surface area contributed by atoms with E-state index in [1.165, 1.54) is 0 Å². The summed E-state index contributed by atoms with van der Waals surface area (Å²) in [6.45, 7) is 9.77. The Labute approximate surface area is 214 Å². The number of carbonyl (C=O) groups excluding carboxylic acids is 1. The molecule has 0 aromatic heterocycles. The maximum atomic E-state index is 13.4. The predicted octanol–water partition coefficient (Wildman–Crippen LogP) is 3.89. The van der Waals surface area contributed by atoms with Gasteiger partial charge in [0.05, 0.1) is 23.4 Å². The summed E-state index contributed by atoms with van der Waals surface area (Å²) in [5, 5.41) is 33.0. The van der Waals surface area contributed by atoms with Crippen LogP contribution in [0.3, 0.4) is 0 Å². The van der Waals surface area contributed by atoms with E-state index in [9.17, 15) is 34.5 Å². The van der Waals surface area contributed by atoms with Crippen molar-refractivity contribution < 1.29 is 39.0 Å². The molecule has 8 nitrogen and oxygen atoms in total. The Morgan fingerprint density at radius 1 is 1.14 bits per heavy atom. The summed E-state index contributed by atoms with van der Waals surface area (Å²) in [7, 11) is -4.62. The quantitative estimate of drug-likeness (QED) is 0.313. The van der Waals surface area contributed by atoms with Crippen LogP contribution in [0.1, 0.15) is 92.4 Å². The second-order valence-electron chi connectivity index (χ2n) is 13.5. The van der Waals surface area contributed by atoms with E-state index in [1.807, 2.05) is 0 Å². The molecule has 1 unspecified atom stereocenters. The molecule has 0 aromatic carbocycles. The number of hydrogen-bond donors (Lipinski definition) is 5. The average molecular weight is 529 g/mol. The van der Waals surface area contributed by atoms with Gasteiger partial charge in [-0.25, -0.2) is 4.57 Å². The first kappa shape index (κ1) is 28.4. The topological polar surface area (TPSA) is 145 Å². The molecule has 4 rings (SSSR count). The zero-order chi connectivity index (χ0) is 26.9. The van der Waals surface area contributed by atoms with Crippen molar-refractivity contribution in [2.45, 2.75) is 116 Å². The van der Waals surface area contributed by atoms with Gasteiger partial charge in [0.15, 0.2) is 5.78 Å². The average Bonchev–Trinajstić information content (AvgIpc) is 2.98. The fraction of sp³-hybridized carbons (Fsp3) is 0.889. The second-order valence-corrected chi connectivity index (χ2v) is 14.6. The minimum absolute atomic E-state index is 0.0455. The van der Waals surface area contributed by atoms with E-state index >= 15 is 0 Å². The van der Waals surface area contributed by atoms with Gasteiger partial charge in [-0.2, -0.15) is 0 Å². The van der Waals surface area contributed by atoms with Crippen molar-refractivity contribution in [1.29, 1.82) is 0 Å². The number of phosphoric acid groups is 1. The monoisotopic (exact) mass is 528 g/mol. The number of rotatable bonds is 7. The van der Waals surface area contributed by atoms with Gasteiger partial charge in [0, 0.05) is 17.8 Å². The van der Waals surface area contributed by atoms with E-state index in [0.29, 0.717) is 32.1 Å². The fourth-order valence-corrected chi connectivity index (χ4v) is 9.38. The third-order valence-corrected chi connectivity index (χ3v) is 11.0. The number of aliphatic hydroxyl groups is 3. The molecule has 0 spiro atoms. The van der Waals surface area contributed by atoms with Crippen molar-refractivity contribution in [3.63, 3.8) is 0 Å². The van der Waals surface area contributed by atoms with Gasteiger partial charge in [-0.15, -0.1) is 0 Å². The van der Waals surface area contributed by atoms with E-state index < -0.39 is 36.6 Å². The molecule has 0 saturated heterocycles. The van der Waals surface area contributed by atoms with Crippen LogP contribution in [0.2, 0.25) is 0 Å². The third kappa shape index (κ3) is 4.92. The maximum absolute atomic E-state index is 13.4. The van der Waals surface area contributed by atoms with Crippen molar-refractivity contribution in [2.75, 3.05) is 0 Å². The summed E-state index contributed by atoms with van der Waals surface area (Å²) < 4.78 is 16.4. The first-order valence-corrected chi connectivity index (χ1v) is 15.1. The maximum Gasteiger partial charge on any atom is 0.469 e. The minimum Gasteiger partial charge on any atom is -0.393 e. The molecule has 0 aliphatic heterocycles. The zero-order valence-corrected chi connectivity index (χ0v) is 23.2. The summed E-state index contributed by atoms with van der Waals surface area (Å²) in [5.41, 5.74) is -1.96. The molecule has 36 heavy (non-hydrogen) atoms. The van der Waals surface area contributed by atoms with Gasteiger partial charge in [0.2, 0.25) is 0 Å². The highest BCUT2D eigenvalue weighted by Gasteiger charge is 2.66. The molecule has 9 atom stereocenters. The lowest BCUT2D eigenvalue weighted by Gasteiger charge is -2.60. The Hall–Kier alpha value is -0.600. The second kappa shape index (κ2) is 9.25. The molecule has 0 aromatic rings. The van der Waals surface area contributed by atoms with Gasteiger partial charge in [0.1, 0.15) is 0 Å². The van der Waals surface area contributed by atoms with Crippen LogP contribution in [0, 0.1) is 34.5 Å². The highest BCUT2D eigenvalue weighted by molar-refractivity contribution is 7.46. The molecule has 0 amide bonds. The van der Waals surface area contributed by atoms with Crippen LogP contribution in [0.5, 0.6) is 0 Å². The number of phosphoric ester groups is 1.